The highest BCUT2D eigenvalue weighted by Crippen LogP contribution is 2.50. The van der Waals surface area contributed by atoms with Gasteiger partial charge in [-0.2, -0.15) is 13.2 Å². The smallest absolute Gasteiger partial charge is 0.392 e. The summed E-state index contributed by atoms with van der Waals surface area (Å²) in [6.07, 6.45) is -2.54. The first-order chi connectivity index (χ1) is 15.4. The van der Waals surface area contributed by atoms with Crippen LogP contribution in [0.1, 0.15) is 50.2 Å². The third kappa shape index (κ3) is 5.14. The number of nitrogens with one attached hydrogen (secondary N) is 1. The number of hydrogen-bond donors (Lipinski definition) is 1. The van der Waals surface area contributed by atoms with E-state index in [1.165, 1.54) is 30.3 Å². The standard InChI is InChI=1S/C24H24Cl2F3NO3/c1-13(24(27,28)29)20(15-4-7-17(25)8-5-15)21(31)30-19-12-16(6-9-18(19)26)23(10-3-11-23)14(2)22(32)33/h4-9,12-14,20H,3,10-11H2,1-2H3,(H,30,31)(H,32,33)/p-1/t13-,14?,20?/m1/s1. The predicted octanol–water partition coefficient (Wildman–Crippen LogP) is 5.72. The third-order valence-electron chi connectivity index (χ3n) is 6.76. The number of carboxylic acid groups (broad SMARTS) is 1. The molecule has 0 radical (unpaired) electrons. The summed E-state index contributed by atoms with van der Waals surface area (Å²) in [4.78, 5) is 24.7. The summed E-state index contributed by atoms with van der Waals surface area (Å²) >= 11 is 12.1. The Balaban J connectivity index is 1.96. The minimum atomic E-state index is -4.62. The number of aliphatic carboxylic acids is 1. The summed E-state index contributed by atoms with van der Waals surface area (Å²) in [6.45, 7) is 2.52. The monoisotopic (exact) mass is 500 g/mol. The second-order valence-corrected chi connectivity index (χ2v) is 9.44. The van der Waals surface area contributed by atoms with E-state index in [1.807, 2.05) is 0 Å². The largest absolute Gasteiger partial charge is 0.550 e. The summed E-state index contributed by atoms with van der Waals surface area (Å²) in [5.41, 5.74) is 0.272. The van der Waals surface area contributed by atoms with Crippen molar-refractivity contribution in [2.24, 2.45) is 11.8 Å². The molecule has 2 unspecified atom stereocenters. The van der Waals surface area contributed by atoms with Crippen LogP contribution in [0.3, 0.4) is 0 Å². The summed E-state index contributed by atoms with van der Waals surface area (Å²) in [6, 6.07) is 10.4. The molecular formula is C24H23Cl2F3NO3-. The van der Waals surface area contributed by atoms with Crippen LogP contribution in [0.4, 0.5) is 18.9 Å². The quantitative estimate of drug-likeness (QED) is 0.528. The Kier molecular flexibility index (Phi) is 7.34. The normalized spacial score (nSPS) is 18.0. The molecule has 33 heavy (non-hydrogen) atoms. The van der Waals surface area contributed by atoms with Crippen molar-refractivity contribution in [1.82, 2.24) is 0 Å². The first-order valence-electron chi connectivity index (χ1n) is 10.5. The fraction of sp³-hybridized carbons (Fsp3) is 0.417. The molecule has 0 bridgehead atoms. The molecular weight excluding hydrogens is 478 g/mol. The molecule has 2 aromatic rings. The number of halogens is 5. The van der Waals surface area contributed by atoms with Gasteiger partial charge in [-0.1, -0.05) is 61.7 Å². The maximum Gasteiger partial charge on any atom is 0.392 e. The molecule has 3 rings (SSSR count). The number of carbonyl (C=O) groups is 2. The van der Waals surface area contributed by atoms with Crippen molar-refractivity contribution in [3.8, 4) is 0 Å². The van der Waals surface area contributed by atoms with Gasteiger partial charge in [0.1, 0.15) is 0 Å². The molecule has 1 aliphatic carbocycles. The van der Waals surface area contributed by atoms with Gasteiger partial charge >= 0.3 is 6.18 Å². The molecule has 178 valence electrons. The summed E-state index contributed by atoms with van der Waals surface area (Å²) in [7, 11) is 0. The summed E-state index contributed by atoms with van der Waals surface area (Å²) < 4.78 is 40.8. The van der Waals surface area contributed by atoms with Crippen LogP contribution in [-0.4, -0.2) is 18.1 Å². The lowest BCUT2D eigenvalue weighted by Crippen LogP contribution is -2.48. The van der Waals surface area contributed by atoms with Gasteiger partial charge in [-0.15, -0.1) is 0 Å². The van der Waals surface area contributed by atoms with E-state index in [9.17, 15) is 27.9 Å². The molecule has 9 heteroatoms. The van der Waals surface area contributed by atoms with Crippen molar-refractivity contribution < 1.29 is 27.9 Å². The summed E-state index contributed by atoms with van der Waals surface area (Å²) in [5, 5.41) is 14.6. The van der Waals surface area contributed by atoms with Crippen LogP contribution in [0.2, 0.25) is 10.0 Å². The maximum atomic E-state index is 13.6. The zero-order valence-electron chi connectivity index (χ0n) is 18.0. The van der Waals surface area contributed by atoms with Gasteiger partial charge < -0.3 is 15.2 Å². The molecule has 0 aliphatic heterocycles. The van der Waals surface area contributed by atoms with Gasteiger partial charge in [0, 0.05) is 22.3 Å². The van der Waals surface area contributed by atoms with Gasteiger partial charge in [0.2, 0.25) is 5.91 Å². The average Bonchev–Trinajstić information content (AvgIpc) is 2.70. The lowest BCUT2D eigenvalue weighted by molar-refractivity contribution is -0.314. The molecule has 0 aromatic heterocycles. The molecule has 0 spiro atoms. The molecule has 1 N–H and O–H groups in total. The van der Waals surface area contributed by atoms with E-state index in [-0.39, 0.29) is 16.3 Å². The highest BCUT2D eigenvalue weighted by atomic mass is 35.5. The van der Waals surface area contributed by atoms with Crippen LogP contribution in [0.25, 0.3) is 0 Å². The maximum absolute atomic E-state index is 13.6. The number of amides is 1. The Bertz CT molecular complexity index is 1040. The fourth-order valence-electron chi connectivity index (χ4n) is 4.42. The Morgan fingerprint density at radius 2 is 1.67 bits per heavy atom. The van der Waals surface area contributed by atoms with Crippen LogP contribution >= 0.6 is 23.2 Å². The van der Waals surface area contributed by atoms with Crippen LogP contribution in [0.15, 0.2) is 42.5 Å². The highest BCUT2D eigenvalue weighted by Gasteiger charge is 2.46. The number of anilines is 1. The minimum absolute atomic E-state index is 0.129. The third-order valence-corrected chi connectivity index (χ3v) is 7.34. The first kappa shape index (κ1) is 25.4. The average molecular weight is 501 g/mol. The molecule has 1 amide bonds. The van der Waals surface area contributed by atoms with Gasteiger partial charge in [0.05, 0.1) is 22.5 Å². The molecule has 2 aromatic carbocycles. The number of carboxylic acids is 1. The van der Waals surface area contributed by atoms with E-state index < -0.39 is 41.2 Å². The van der Waals surface area contributed by atoms with Crippen LogP contribution in [-0.2, 0) is 15.0 Å². The van der Waals surface area contributed by atoms with E-state index in [2.05, 4.69) is 5.32 Å². The van der Waals surface area contributed by atoms with Gasteiger partial charge in [0.15, 0.2) is 0 Å². The molecule has 1 saturated carbocycles. The second kappa shape index (κ2) is 9.55. The van der Waals surface area contributed by atoms with Crippen LogP contribution < -0.4 is 10.4 Å². The van der Waals surface area contributed by atoms with E-state index in [0.29, 0.717) is 23.4 Å². The molecule has 0 saturated heterocycles. The van der Waals surface area contributed by atoms with Crippen molar-refractivity contribution in [3.63, 3.8) is 0 Å². The van der Waals surface area contributed by atoms with Crippen molar-refractivity contribution in [2.45, 2.75) is 50.6 Å². The topological polar surface area (TPSA) is 69.2 Å². The van der Waals surface area contributed by atoms with Gasteiger partial charge in [-0.05, 0) is 48.2 Å². The lowest BCUT2D eigenvalue weighted by atomic mass is 9.58. The zero-order valence-corrected chi connectivity index (χ0v) is 19.5. The predicted molar refractivity (Wildman–Crippen MR) is 119 cm³/mol. The minimum Gasteiger partial charge on any atom is -0.550 e. The molecule has 0 heterocycles. The Labute approximate surface area is 200 Å². The van der Waals surface area contributed by atoms with Crippen LogP contribution in [0, 0.1) is 11.8 Å². The van der Waals surface area contributed by atoms with E-state index in [0.717, 1.165) is 13.3 Å². The van der Waals surface area contributed by atoms with Crippen molar-refractivity contribution in [1.29, 1.82) is 0 Å². The van der Waals surface area contributed by atoms with Gasteiger partial charge in [0.25, 0.3) is 0 Å². The van der Waals surface area contributed by atoms with Crippen molar-refractivity contribution >= 4 is 40.8 Å². The Morgan fingerprint density at radius 3 is 2.15 bits per heavy atom. The molecule has 3 atom stereocenters. The first-order valence-corrected chi connectivity index (χ1v) is 11.3. The molecule has 4 nitrogen and oxygen atoms in total. The molecule has 1 aliphatic rings. The zero-order chi connectivity index (χ0) is 24.6. The number of benzene rings is 2. The second-order valence-electron chi connectivity index (χ2n) is 8.59. The summed E-state index contributed by atoms with van der Waals surface area (Å²) in [5.74, 6) is -6.35. The number of hydrogen-bond acceptors (Lipinski definition) is 3. The number of rotatable bonds is 7. The molecule has 1 fully saturated rings. The van der Waals surface area contributed by atoms with Gasteiger partial charge in [-0.25, -0.2) is 0 Å². The van der Waals surface area contributed by atoms with E-state index >= 15 is 0 Å². The highest BCUT2D eigenvalue weighted by molar-refractivity contribution is 6.33. The van der Waals surface area contributed by atoms with Crippen LogP contribution in [0.5, 0.6) is 0 Å². The van der Waals surface area contributed by atoms with Crippen molar-refractivity contribution in [3.05, 3.63) is 63.6 Å². The Hall–Kier alpha value is -2.25. The van der Waals surface area contributed by atoms with E-state index in [4.69, 9.17) is 23.2 Å². The number of alkyl halides is 3. The number of carbonyl (C=O) groups excluding carboxylic acids is 2. The van der Waals surface area contributed by atoms with Crippen molar-refractivity contribution in [2.75, 3.05) is 5.32 Å². The van der Waals surface area contributed by atoms with Gasteiger partial charge in [-0.3, -0.25) is 4.79 Å². The lowest BCUT2D eigenvalue weighted by Gasteiger charge is -2.47. The van der Waals surface area contributed by atoms with E-state index in [1.54, 1.807) is 19.1 Å². The fourth-order valence-corrected chi connectivity index (χ4v) is 4.71. The SMILES string of the molecule is CC(C(=O)[O-])C1(c2ccc(Cl)c(NC(=O)C(c3ccc(Cl)cc3)[C@@H](C)C(F)(F)F)c2)CCC1. The Morgan fingerprint density at radius 1 is 1.06 bits per heavy atom.